The molecular formula is C28H31F4N5O6S. The van der Waals surface area contributed by atoms with Crippen LogP contribution in [0.1, 0.15) is 52.7 Å². The van der Waals surface area contributed by atoms with E-state index in [1.54, 1.807) is 41.5 Å². The van der Waals surface area contributed by atoms with Gasteiger partial charge in [0.15, 0.2) is 0 Å². The number of carbonyl (C=O) groups excluding carboxylic acids is 2. The smallest absolute Gasteiger partial charge is 0.416 e. The van der Waals surface area contributed by atoms with Gasteiger partial charge in [-0.2, -0.15) is 17.6 Å². The van der Waals surface area contributed by atoms with Crippen LogP contribution in [-0.4, -0.2) is 51.1 Å². The van der Waals surface area contributed by atoms with Crippen LogP contribution in [0.25, 0.3) is 10.6 Å². The number of anilines is 1. The first-order valence-electron chi connectivity index (χ1n) is 13.2. The second-order valence-electron chi connectivity index (χ2n) is 11.6. The van der Waals surface area contributed by atoms with Gasteiger partial charge in [0, 0.05) is 11.6 Å². The Morgan fingerprint density at radius 1 is 1.00 bits per heavy atom. The summed E-state index contributed by atoms with van der Waals surface area (Å²) in [5, 5.41) is 21.8. The minimum absolute atomic E-state index is 0.0172. The number of amides is 2. The van der Waals surface area contributed by atoms with Gasteiger partial charge >= 0.3 is 24.1 Å². The van der Waals surface area contributed by atoms with Crippen LogP contribution in [0.5, 0.6) is 0 Å². The maximum atomic E-state index is 14.3. The minimum atomic E-state index is -4.54. The molecule has 16 heteroatoms. The summed E-state index contributed by atoms with van der Waals surface area (Å²) in [5.41, 5.74) is -2.82. The van der Waals surface area contributed by atoms with Crippen molar-refractivity contribution in [2.45, 2.75) is 71.4 Å². The Morgan fingerprint density at radius 2 is 1.61 bits per heavy atom. The fourth-order valence-electron chi connectivity index (χ4n) is 3.75. The Balaban J connectivity index is 1.98. The molecule has 0 unspecified atom stereocenters. The molecular weight excluding hydrogens is 610 g/mol. The average Bonchev–Trinajstić information content (AvgIpc) is 3.34. The van der Waals surface area contributed by atoms with E-state index in [1.807, 2.05) is 0 Å². The normalized spacial score (nSPS) is 12.8. The van der Waals surface area contributed by atoms with Crippen molar-refractivity contribution in [3.05, 3.63) is 69.5 Å². The number of hydrogen-bond acceptors (Lipinski definition) is 9. The summed E-state index contributed by atoms with van der Waals surface area (Å²) in [6.45, 7) is 9.56. The van der Waals surface area contributed by atoms with Crippen molar-refractivity contribution in [1.82, 2.24) is 15.5 Å². The van der Waals surface area contributed by atoms with Gasteiger partial charge < -0.3 is 14.8 Å². The molecule has 0 aliphatic carbocycles. The first-order valence-corrected chi connectivity index (χ1v) is 14.0. The van der Waals surface area contributed by atoms with Gasteiger partial charge in [-0.25, -0.2) is 14.5 Å². The average molecular weight is 642 g/mol. The van der Waals surface area contributed by atoms with Crippen molar-refractivity contribution in [1.29, 1.82) is 0 Å². The van der Waals surface area contributed by atoms with E-state index in [4.69, 9.17) is 9.47 Å². The van der Waals surface area contributed by atoms with Crippen molar-refractivity contribution in [3.8, 4) is 10.6 Å². The summed E-state index contributed by atoms with van der Waals surface area (Å²) in [7, 11) is 0. The Labute approximate surface area is 254 Å². The number of ether oxygens (including phenoxy) is 2. The van der Waals surface area contributed by atoms with Crippen LogP contribution in [0.3, 0.4) is 0 Å². The van der Waals surface area contributed by atoms with Crippen LogP contribution in [0, 0.1) is 15.9 Å². The number of halogens is 4. The maximum absolute atomic E-state index is 14.3. The predicted molar refractivity (Wildman–Crippen MR) is 154 cm³/mol. The Hall–Kier alpha value is -4.34. The molecule has 0 fully saturated rings. The summed E-state index contributed by atoms with van der Waals surface area (Å²) >= 11 is 0.851. The van der Waals surface area contributed by atoms with Gasteiger partial charge in [0.2, 0.25) is 10.9 Å². The molecule has 1 atom stereocenters. The number of benzene rings is 2. The van der Waals surface area contributed by atoms with Crippen LogP contribution >= 0.6 is 11.3 Å². The Bertz CT molecular complexity index is 1500. The van der Waals surface area contributed by atoms with E-state index < -0.39 is 57.6 Å². The van der Waals surface area contributed by atoms with Crippen LogP contribution in [0.2, 0.25) is 0 Å². The van der Waals surface area contributed by atoms with Crippen LogP contribution in [0.4, 0.5) is 38.0 Å². The van der Waals surface area contributed by atoms with E-state index in [9.17, 15) is 37.3 Å². The highest BCUT2D eigenvalue weighted by atomic mass is 32.1. The lowest BCUT2D eigenvalue weighted by Crippen LogP contribution is -2.49. The third kappa shape index (κ3) is 9.86. The number of aromatic nitrogens is 2. The van der Waals surface area contributed by atoms with Crippen molar-refractivity contribution in [3.63, 3.8) is 0 Å². The fraction of sp³-hybridized carbons (Fsp3) is 0.429. The SMILES string of the molecule is CC(C)(C)OC(=O)N[C@@H](Cc1ccc(C(F)(F)F)cc1)CN(C(=O)OC(C)(C)C)c1nnc(-c2ccc([N+](=O)[O-])c(F)c2)s1. The van der Waals surface area contributed by atoms with Crippen molar-refractivity contribution < 1.29 is 41.5 Å². The van der Waals surface area contributed by atoms with Gasteiger partial charge in [0.25, 0.3) is 0 Å². The number of nitro benzene ring substituents is 1. The van der Waals surface area contributed by atoms with E-state index in [1.165, 1.54) is 18.2 Å². The van der Waals surface area contributed by atoms with E-state index in [0.717, 1.165) is 40.5 Å². The largest absolute Gasteiger partial charge is 0.444 e. The zero-order valence-corrected chi connectivity index (χ0v) is 25.5. The predicted octanol–water partition coefficient (Wildman–Crippen LogP) is 7.15. The topological polar surface area (TPSA) is 137 Å². The molecule has 2 aromatic carbocycles. The van der Waals surface area contributed by atoms with Gasteiger partial charge in [-0.05, 0) is 77.8 Å². The molecule has 3 aromatic rings. The molecule has 0 bridgehead atoms. The zero-order valence-electron chi connectivity index (χ0n) is 24.7. The molecule has 1 heterocycles. The van der Waals surface area contributed by atoms with E-state index in [0.29, 0.717) is 5.56 Å². The lowest BCUT2D eigenvalue weighted by atomic mass is 10.0. The van der Waals surface area contributed by atoms with Gasteiger partial charge in [0.05, 0.1) is 23.1 Å². The van der Waals surface area contributed by atoms with Gasteiger partial charge in [-0.3, -0.25) is 10.1 Å². The second kappa shape index (κ2) is 13.1. The number of nitro groups is 1. The molecule has 1 N–H and O–H groups in total. The molecule has 0 aliphatic rings. The second-order valence-corrected chi connectivity index (χ2v) is 12.6. The molecule has 44 heavy (non-hydrogen) atoms. The molecule has 2 amide bonds. The first-order chi connectivity index (χ1) is 20.2. The van der Waals surface area contributed by atoms with E-state index in [2.05, 4.69) is 15.5 Å². The molecule has 1 aromatic heterocycles. The van der Waals surface area contributed by atoms with Crippen molar-refractivity contribution >= 4 is 34.3 Å². The quantitative estimate of drug-likeness (QED) is 0.156. The highest BCUT2D eigenvalue weighted by Gasteiger charge is 2.32. The standard InChI is InChI=1S/C28H31F4N5O6S/c1-26(2,3)42-24(38)33-19(13-16-7-10-18(11-8-16)28(30,31)32)15-36(25(39)43-27(4,5)6)23-35-34-22(44-23)17-9-12-21(37(40)41)20(29)14-17/h7-12,14,19H,13,15H2,1-6H3,(H,33,38)/t19-/m0/s1. The first kappa shape index (κ1) is 34.2. The summed E-state index contributed by atoms with van der Waals surface area (Å²) < 4.78 is 64.5. The maximum Gasteiger partial charge on any atom is 0.416 e. The zero-order chi connectivity index (χ0) is 33.0. The van der Waals surface area contributed by atoms with E-state index in [-0.39, 0.29) is 28.7 Å². The number of nitrogens with zero attached hydrogens (tertiary/aromatic N) is 4. The monoisotopic (exact) mass is 641 g/mol. The summed E-state index contributed by atoms with van der Waals surface area (Å²) in [5.74, 6) is -1.09. The van der Waals surface area contributed by atoms with Crippen LogP contribution < -0.4 is 10.2 Å². The number of hydrogen-bond donors (Lipinski definition) is 1. The molecule has 238 valence electrons. The molecule has 0 saturated heterocycles. The third-order valence-corrected chi connectivity index (χ3v) is 6.53. The molecule has 0 saturated carbocycles. The van der Waals surface area contributed by atoms with Crippen molar-refractivity contribution in [2.24, 2.45) is 0 Å². The fourth-order valence-corrected chi connectivity index (χ4v) is 4.59. The number of rotatable bonds is 8. The molecule has 3 rings (SSSR count). The van der Waals surface area contributed by atoms with Crippen LogP contribution in [-0.2, 0) is 22.1 Å². The minimum Gasteiger partial charge on any atom is -0.444 e. The highest BCUT2D eigenvalue weighted by Crippen LogP contribution is 2.33. The summed E-state index contributed by atoms with van der Waals surface area (Å²) in [4.78, 5) is 37.3. The lowest BCUT2D eigenvalue weighted by Gasteiger charge is -2.29. The number of carbonyl (C=O) groups is 2. The number of nitrogens with one attached hydrogen (secondary N) is 1. The summed E-state index contributed by atoms with van der Waals surface area (Å²) in [6.07, 6.45) is -6.27. The molecule has 0 aliphatic heterocycles. The van der Waals surface area contributed by atoms with Gasteiger partial charge in [-0.1, -0.05) is 23.5 Å². The third-order valence-electron chi connectivity index (χ3n) is 5.54. The van der Waals surface area contributed by atoms with Gasteiger partial charge in [-0.15, -0.1) is 10.2 Å². The Kier molecular flexibility index (Phi) is 10.2. The molecule has 11 nitrogen and oxygen atoms in total. The van der Waals surface area contributed by atoms with Gasteiger partial charge in [0.1, 0.15) is 16.2 Å². The molecule has 0 radical (unpaired) electrons. The van der Waals surface area contributed by atoms with E-state index >= 15 is 0 Å². The number of alkyl halides is 3. The van der Waals surface area contributed by atoms with Crippen LogP contribution in [0.15, 0.2) is 42.5 Å². The van der Waals surface area contributed by atoms with Crippen molar-refractivity contribution in [2.75, 3.05) is 11.4 Å². The molecule has 0 spiro atoms. The summed E-state index contributed by atoms with van der Waals surface area (Å²) in [6, 6.07) is 6.59. The lowest BCUT2D eigenvalue weighted by molar-refractivity contribution is -0.387. The highest BCUT2D eigenvalue weighted by molar-refractivity contribution is 7.18. The number of alkyl carbamates (subject to hydrolysis) is 1. The Morgan fingerprint density at radius 3 is 2.14 bits per heavy atom.